The zero-order chi connectivity index (χ0) is 29.8. The Bertz CT molecular complexity index is 1730. The summed E-state index contributed by atoms with van der Waals surface area (Å²) in [6.07, 6.45) is 9.51. The molecule has 42 heavy (non-hydrogen) atoms. The van der Waals surface area contributed by atoms with Crippen LogP contribution in [0, 0.1) is 11.6 Å². The van der Waals surface area contributed by atoms with Crippen molar-refractivity contribution in [1.82, 2.24) is 0 Å². The Morgan fingerprint density at radius 3 is 2.33 bits per heavy atom. The molecule has 2 aromatic carbocycles. The van der Waals surface area contributed by atoms with E-state index >= 15 is 8.78 Å². The van der Waals surface area contributed by atoms with Crippen LogP contribution in [0.2, 0.25) is 6.55 Å². The summed E-state index contributed by atoms with van der Waals surface area (Å²) in [5, 5.41) is 11.3. The first-order valence-corrected chi connectivity index (χ1v) is 18.7. The molecular weight excluding hydrogens is 575 g/mol. The molecule has 3 heterocycles. The number of fused-ring (bicyclic) bond motifs is 2. The second kappa shape index (κ2) is 10.6. The molecule has 1 atom stereocenters. The number of carbonyl (C=O) groups is 1. The van der Waals surface area contributed by atoms with Crippen LogP contribution in [0.5, 0.6) is 0 Å². The van der Waals surface area contributed by atoms with E-state index in [1.165, 1.54) is 6.42 Å². The van der Waals surface area contributed by atoms with Gasteiger partial charge in [0.15, 0.2) is 15.5 Å². The van der Waals surface area contributed by atoms with E-state index in [9.17, 15) is 18.3 Å². The molecule has 3 aliphatic heterocycles. The average molecular weight is 608 g/mol. The number of carboxylic acids is 1. The predicted octanol–water partition coefficient (Wildman–Crippen LogP) is 4.40. The molecule has 10 heteroatoms. The van der Waals surface area contributed by atoms with Crippen LogP contribution in [-0.4, -0.2) is 75.5 Å². The minimum atomic E-state index is -3.07. The van der Waals surface area contributed by atoms with Gasteiger partial charge in [0.1, 0.15) is 32.8 Å². The van der Waals surface area contributed by atoms with Crippen LogP contribution in [0.25, 0.3) is 5.57 Å². The lowest BCUT2D eigenvalue weighted by Gasteiger charge is -2.39. The average Bonchev–Trinajstić information content (AvgIpc) is 2.98. The molecule has 2 aromatic rings. The lowest BCUT2D eigenvalue weighted by molar-refractivity contribution is -0.535. The molecule has 0 bridgehead atoms. The van der Waals surface area contributed by atoms with E-state index in [0.29, 0.717) is 24.2 Å². The Kier molecular flexibility index (Phi) is 7.17. The van der Waals surface area contributed by atoms with E-state index in [1.54, 1.807) is 0 Å². The van der Waals surface area contributed by atoms with E-state index < -0.39 is 41.1 Å². The van der Waals surface area contributed by atoms with Crippen molar-refractivity contribution in [3.05, 3.63) is 99.9 Å². The molecule has 2 fully saturated rings. The summed E-state index contributed by atoms with van der Waals surface area (Å²) in [5.74, 6) is -3.13. The molecule has 1 unspecified atom stereocenters. The topological polar surface area (TPSA) is 77.7 Å². The van der Waals surface area contributed by atoms with E-state index in [1.807, 2.05) is 41.0 Å². The lowest BCUT2D eigenvalue weighted by Crippen LogP contribution is -2.51. The molecule has 6 rings (SSSR count). The van der Waals surface area contributed by atoms with Crippen LogP contribution in [0.3, 0.4) is 0 Å². The summed E-state index contributed by atoms with van der Waals surface area (Å²) >= 11 is 0. The number of carboxylic acid groups (broad SMARTS) is 1. The molecule has 4 aliphatic rings. The monoisotopic (exact) mass is 607 g/mol. The van der Waals surface area contributed by atoms with Crippen molar-refractivity contribution in [3.8, 4) is 0 Å². The van der Waals surface area contributed by atoms with Gasteiger partial charge < -0.3 is 10.0 Å². The summed E-state index contributed by atoms with van der Waals surface area (Å²) in [7, 11) is -5.75. The number of rotatable bonds is 4. The Morgan fingerprint density at radius 1 is 1.05 bits per heavy atom. The highest BCUT2D eigenvalue weighted by molar-refractivity contribution is 7.91. The highest BCUT2D eigenvalue weighted by Crippen LogP contribution is 2.44. The standard InChI is InChI=1S/C32H32F2N2O4SSi/c1-3-42(2)28-19-22(35-11-5-4-6-12-35)7-9-24(28)30(31-26(33)17-21(32(37)38)18-27(31)34)25-10-8-23(20-29(25)42)36-13-15-41(39,40)16-14-36/h3,7-10,17-20H,1,4-6,11-16H2,2H3/p+1. The molecule has 218 valence electrons. The molecule has 1 N–H and O–H groups in total. The van der Waals surface area contributed by atoms with E-state index in [0.717, 1.165) is 65.4 Å². The van der Waals surface area contributed by atoms with Gasteiger partial charge in [-0.1, -0.05) is 18.3 Å². The van der Waals surface area contributed by atoms with Gasteiger partial charge in [-0.25, -0.2) is 26.6 Å². The van der Waals surface area contributed by atoms with Gasteiger partial charge in [-0.2, -0.15) is 0 Å². The first-order valence-electron chi connectivity index (χ1n) is 14.3. The van der Waals surface area contributed by atoms with E-state index in [2.05, 4.69) is 23.8 Å². The second-order valence-electron chi connectivity index (χ2n) is 11.5. The third-order valence-electron chi connectivity index (χ3n) is 9.04. The third-order valence-corrected chi connectivity index (χ3v) is 14.5. The summed E-state index contributed by atoms with van der Waals surface area (Å²) < 4.78 is 58.0. The lowest BCUT2D eigenvalue weighted by atomic mass is 9.88. The largest absolute Gasteiger partial charge is 0.478 e. The highest BCUT2D eigenvalue weighted by atomic mass is 32.2. The van der Waals surface area contributed by atoms with Crippen molar-refractivity contribution in [2.75, 3.05) is 42.6 Å². The van der Waals surface area contributed by atoms with Crippen LogP contribution in [0.15, 0.2) is 71.6 Å². The Balaban J connectivity index is 1.60. The number of piperidine rings is 1. The highest BCUT2D eigenvalue weighted by Gasteiger charge is 2.43. The van der Waals surface area contributed by atoms with Gasteiger partial charge in [-0.3, -0.25) is 0 Å². The first-order chi connectivity index (χ1) is 20.0. The van der Waals surface area contributed by atoms with Gasteiger partial charge >= 0.3 is 5.97 Å². The van der Waals surface area contributed by atoms with Gasteiger partial charge in [0.05, 0.1) is 22.6 Å². The second-order valence-corrected chi connectivity index (χ2v) is 17.7. The maximum Gasteiger partial charge on any atom is 0.335 e. The number of aromatic carboxylic acids is 1. The fourth-order valence-electron chi connectivity index (χ4n) is 6.59. The van der Waals surface area contributed by atoms with Crippen LogP contribution >= 0.6 is 0 Å². The smallest absolute Gasteiger partial charge is 0.335 e. The quantitative estimate of drug-likeness (QED) is 0.412. The fraction of sp³-hybridized carbons (Fsp3) is 0.312. The maximum absolute atomic E-state index is 15.7. The van der Waals surface area contributed by atoms with Gasteiger partial charge in [-0.05, 0) is 58.3 Å². The molecule has 0 amide bonds. The molecule has 2 saturated heterocycles. The zero-order valence-electron chi connectivity index (χ0n) is 23.5. The van der Waals surface area contributed by atoms with Crippen molar-refractivity contribution in [3.63, 3.8) is 0 Å². The number of hydrogen-bond donors (Lipinski definition) is 1. The van der Waals surface area contributed by atoms with Crippen LogP contribution in [-0.2, 0) is 9.84 Å². The number of allylic oxidation sites excluding steroid dienone is 5. The molecular formula is C32H33F2N2O4SSi+. The van der Waals surface area contributed by atoms with Crippen molar-refractivity contribution in [1.29, 1.82) is 0 Å². The van der Waals surface area contributed by atoms with Gasteiger partial charge in [-0.15, -0.1) is 6.58 Å². The Labute approximate surface area is 245 Å². The molecule has 6 nitrogen and oxygen atoms in total. The van der Waals surface area contributed by atoms with Crippen molar-refractivity contribution < 1.29 is 31.7 Å². The number of benzene rings is 2. The summed E-state index contributed by atoms with van der Waals surface area (Å²) in [6, 6.07) is 7.53. The number of nitrogens with zero attached hydrogens (tertiary/aromatic N) is 2. The van der Waals surface area contributed by atoms with E-state index in [-0.39, 0.29) is 17.1 Å². The normalized spacial score (nSPS) is 23.3. The molecule has 0 saturated carbocycles. The summed E-state index contributed by atoms with van der Waals surface area (Å²) in [4.78, 5) is 13.6. The Hall–Kier alpha value is -3.63. The van der Waals surface area contributed by atoms with Gasteiger partial charge in [0, 0.05) is 49.3 Å². The SMILES string of the molecule is C=C[Si]1(C)C2=CC(=[N+]3CCCCC3)C=CC2=C(c2c(F)cc(C(=O)O)cc2F)c2ccc(N3CCS(=O)(=O)CC3)cc21. The molecule has 0 spiro atoms. The van der Waals surface area contributed by atoms with Gasteiger partial charge in [0.25, 0.3) is 0 Å². The van der Waals surface area contributed by atoms with Gasteiger partial charge in [0.2, 0.25) is 0 Å². The summed E-state index contributed by atoms with van der Waals surface area (Å²) in [6.45, 7) is 9.07. The van der Waals surface area contributed by atoms with Crippen LogP contribution in [0.4, 0.5) is 14.5 Å². The predicted molar refractivity (Wildman–Crippen MR) is 164 cm³/mol. The summed E-state index contributed by atoms with van der Waals surface area (Å²) in [5.41, 5.74) is 4.99. The first kappa shape index (κ1) is 28.5. The number of sulfone groups is 1. The van der Waals surface area contributed by atoms with Crippen molar-refractivity contribution >= 4 is 46.0 Å². The zero-order valence-corrected chi connectivity index (χ0v) is 25.3. The minimum Gasteiger partial charge on any atom is -0.478 e. The number of anilines is 1. The maximum atomic E-state index is 15.7. The number of hydrogen-bond acceptors (Lipinski definition) is 4. The van der Waals surface area contributed by atoms with Crippen LogP contribution < -0.4 is 10.1 Å². The number of halogens is 2. The third kappa shape index (κ3) is 4.80. The Morgan fingerprint density at radius 2 is 1.71 bits per heavy atom. The van der Waals surface area contributed by atoms with Crippen LogP contribution in [0.1, 0.15) is 40.7 Å². The molecule has 0 radical (unpaired) electrons. The van der Waals surface area contributed by atoms with E-state index in [4.69, 9.17) is 0 Å². The molecule has 0 aromatic heterocycles. The fourth-order valence-corrected chi connectivity index (χ4v) is 11.0. The van der Waals surface area contributed by atoms with Crippen molar-refractivity contribution in [2.45, 2.75) is 25.8 Å². The molecule has 1 aliphatic carbocycles. The minimum absolute atomic E-state index is 0.0754. The van der Waals surface area contributed by atoms with Crippen molar-refractivity contribution in [2.24, 2.45) is 0 Å².